The van der Waals surface area contributed by atoms with E-state index in [1.807, 2.05) is 6.07 Å². The Morgan fingerprint density at radius 2 is 1.76 bits per heavy atom. The molecular formula is C15H9NS. The van der Waals surface area contributed by atoms with Crippen LogP contribution in [0.5, 0.6) is 0 Å². The van der Waals surface area contributed by atoms with Crippen LogP contribution in [0.25, 0.3) is 31.9 Å². The molecule has 0 fully saturated rings. The molecule has 0 aliphatic rings. The quantitative estimate of drug-likeness (QED) is 0.434. The van der Waals surface area contributed by atoms with Crippen LogP contribution in [0.2, 0.25) is 0 Å². The number of fused-ring (bicyclic) bond motifs is 5. The summed E-state index contributed by atoms with van der Waals surface area (Å²) >= 11 is 1.76. The van der Waals surface area contributed by atoms with E-state index in [2.05, 4.69) is 47.8 Å². The van der Waals surface area contributed by atoms with E-state index >= 15 is 0 Å². The van der Waals surface area contributed by atoms with Gasteiger partial charge in [-0.05, 0) is 16.8 Å². The summed E-state index contributed by atoms with van der Waals surface area (Å²) in [4.78, 5) is 4.75. The van der Waals surface area contributed by atoms with Gasteiger partial charge >= 0.3 is 0 Å². The molecule has 2 heteroatoms. The van der Waals surface area contributed by atoms with Crippen LogP contribution < -0.4 is 0 Å². The maximum absolute atomic E-state index is 4.75. The normalized spacial score (nSPS) is 11.5. The van der Waals surface area contributed by atoms with Crippen molar-refractivity contribution in [3.8, 4) is 0 Å². The number of hydrogen-bond acceptors (Lipinski definition) is 2. The fourth-order valence-corrected chi connectivity index (χ4v) is 3.17. The van der Waals surface area contributed by atoms with Crippen LogP contribution in [-0.2, 0) is 0 Å². The molecule has 4 rings (SSSR count). The third kappa shape index (κ3) is 1.22. The van der Waals surface area contributed by atoms with Gasteiger partial charge in [0, 0.05) is 10.8 Å². The van der Waals surface area contributed by atoms with Crippen LogP contribution in [0.15, 0.2) is 53.9 Å². The van der Waals surface area contributed by atoms with Crippen molar-refractivity contribution in [2.75, 3.05) is 0 Å². The molecule has 0 radical (unpaired) electrons. The lowest BCUT2D eigenvalue weighted by Crippen LogP contribution is -1.71. The van der Waals surface area contributed by atoms with Gasteiger partial charge in [-0.25, -0.2) is 4.98 Å². The van der Waals surface area contributed by atoms with E-state index in [0.717, 1.165) is 11.0 Å². The Labute approximate surface area is 102 Å². The molecule has 0 saturated heterocycles. The summed E-state index contributed by atoms with van der Waals surface area (Å²) in [5, 5.41) is 5.89. The fraction of sp³-hybridized carbons (Fsp3) is 0. The molecule has 80 valence electrons. The Hall–Kier alpha value is -1.93. The maximum atomic E-state index is 4.75. The van der Waals surface area contributed by atoms with Crippen LogP contribution >= 0.6 is 11.3 Å². The fourth-order valence-electron chi connectivity index (χ4n) is 2.34. The third-order valence-corrected chi connectivity index (χ3v) is 4.09. The highest BCUT2D eigenvalue weighted by atomic mass is 32.1. The number of hydrogen-bond donors (Lipinski definition) is 0. The summed E-state index contributed by atoms with van der Waals surface area (Å²) in [6.07, 6.45) is 0. The number of rotatable bonds is 0. The molecule has 0 saturated carbocycles. The Morgan fingerprint density at radius 3 is 2.76 bits per heavy atom. The molecule has 0 atom stereocenters. The van der Waals surface area contributed by atoms with Gasteiger partial charge in [-0.1, -0.05) is 42.5 Å². The minimum Gasteiger partial charge on any atom is -0.246 e. The van der Waals surface area contributed by atoms with E-state index in [0.29, 0.717) is 0 Å². The number of aromatic nitrogens is 1. The first-order chi connectivity index (χ1) is 8.43. The summed E-state index contributed by atoms with van der Waals surface area (Å²) in [7, 11) is 0. The summed E-state index contributed by atoms with van der Waals surface area (Å²) in [5.41, 5.74) is 2.22. The lowest BCUT2D eigenvalue weighted by atomic mass is 10.1. The van der Waals surface area contributed by atoms with Crippen LogP contribution in [0.3, 0.4) is 0 Å². The average Bonchev–Trinajstić information content (AvgIpc) is 2.78. The van der Waals surface area contributed by atoms with E-state index in [9.17, 15) is 0 Å². The molecular weight excluding hydrogens is 226 g/mol. The lowest BCUT2D eigenvalue weighted by Gasteiger charge is -1.96. The zero-order valence-corrected chi connectivity index (χ0v) is 9.87. The van der Waals surface area contributed by atoms with Crippen molar-refractivity contribution in [1.82, 2.24) is 4.98 Å². The first kappa shape index (κ1) is 9.14. The summed E-state index contributed by atoms with van der Waals surface area (Å²) < 4.78 is 1.28. The molecule has 2 aromatic carbocycles. The lowest BCUT2D eigenvalue weighted by molar-refractivity contribution is 1.57. The van der Waals surface area contributed by atoms with Gasteiger partial charge in [0.1, 0.15) is 0 Å². The zero-order valence-electron chi connectivity index (χ0n) is 9.05. The number of nitrogens with zero attached hydrogens (tertiary/aromatic N) is 1. The SMILES string of the molecule is c1csc2c(c1)ccc1c3ccccc3nc12. The highest BCUT2D eigenvalue weighted by Gasteiger charge is 2.07. The largest absolute Gasteiger partial charge is 0.246 e. The molecule has 4 aromatic rings. The van der Waals surface area contributed by atoms with E-state index in [1.165, 1.54) is 20.9 Å². The van der Waals surface area contributed by atoms with Crippen LogP contribution in [0, 0.1) is 0 Å². The first-order valence-electron chi connectivity index (χ1n) is 5.58. The molecule has 0 amide bonds. The maximum Gasteiger partial charge on any atom is 0.0894 e. The Morgan fingerprint density at radius 1 is 0.824 bits per heavy atom. The second-order valence-electron chi connectivity index (χ2n) is 4.12. The van der Waals surface area contributed by atoms with Crippen LogP contribution in [-0.4, -0.2) is 4.98 Å². The Kier molecular flexibility index (Phi) is 1.76. The Balaban J connectivity index is 2.34. The smallest absolute Gasteiger partial charge is 0.0894 e. The molecule has 0 unspecified atom stereocenters. The van der Waals surface area contributed by atoms with Gasteiger partial charge in [0.25, 0.3) is 0 Å². The van der Waals surface area contributed by atoms with Gasteiger partial charge in [0.15, 0.2) is 0 Å². The monoisotopic (exact) mass is 235 g/mol. The highest BCUT2D eigenvalue weighted by molar-refractivity contribution is 7.17. The van der Waals surface area contributed by atoms with E-state index in [4.69, 9.17) is 4.98 Å². The Bertz CT molecular complexity index is 845. The topological polar surface area (TPSA) is 12.9 Å². The summed E-state index contributed by atoms with van der Waals surface area (Å²) in [5.74, 6) is 0. The van der Waals surface area contributed by atoms with Crippen LogP contribution in [0.1, 0.15) is 0 Å². The summed E-state index contributed by atoms with van der Waals surface area (Å²) in [6, 6.07) is 16.9. The van der Waals surface area contributed by atoms with Gasteiger partial charge < -0.3 is 0 Å². The average molecular weight is 235 g/mol. The predicted octanol–water partition coefficient (Wildman–Crippen LogP) is 4.60. The molecule has 0 aliphatic carbocycles. The van der Waals surface area contributed by atoms with Gasteiger partial charge in [-0.15, -0.1) is 11.3 Å². The number of benzene rings is 2. The van der Waals surface area contributed by atoms with Crippen molar-refractivity contribution in [1.29, 1.82) is 0 Å². The highest BCUT2D eigenvalue weighted by Crippen LogP contribution is 2.32. The van der Waals surface area contributed by atoms with Crippen molar-refractivity contribution >= 4 is 43.2 Å². The minimum atomic E-state index is 1.09. The molecule has 1 nitrogen and oxygen atoms in total. The first-order valence-corrected chi connectivity index (χ1v) is 6.46. The third-order valence-electron chi connectivity index (χ3n) is 3.13. The van der Waals surface area contributed by atoms with Crippen molar-refractivity contribution < 1.29 is 0 Å². The minimum absolute atomic E-state index is 1.09. The van der Waals surface area contributed by atoms with Crippen molar-refractivity contribution in [3.05, 3.63) is 53.9 Å². The molecule has 2 heterocycles. The van der Waals surface area contributed by atoms with Gasteiger partial charge in [0.05, 0.1) is 15.7 Å². The van der Waals surface area contributed by atoms with Gasteiger partial charge in [-0.3, -0.25) is 0 Å². The molecule has 2 aromatic heterocycles. The van der Waals surface area contributed by atoms with Gasteiger partial charge in [-0.2, -0.15) is 0 Å². The van der Waals surface area contributed by atoms with Crippen molar-refractivity contribution in [2.24, 2.45) is 0 Å². The summed E-state index contributed by atoms with van der Waals surface area (Å²) in [6.45, 7) is 0. The van der Waals surface area contributed by atoms with Crippen molar-refractivity contribution in [3.63, 3.8) is 0 Å². The van der Waals surface area contributed by atoms with Crippen molar-refractivity contribution in [2.45, 2.75) is 0 Å². The molecule has 17 heavy (non-hydrogen) atoms. The molecule has 0 aliphatic heterocycles. The van der Waals surface area contributed by atoms with Gasteiger partial charge in [0.2, 0.25) is 0 Å². The number of para-hydroxylation sites is 1. The van der Waals surface area contributed by atoms with E-state index < -0.39 is 0 Å². The van der Waals surface area contributed by atoms with E-state index in [-0.39, 0.29) is 0 Å². The van der Waals surface area contributed by atoms with Crippen LogP contribution in [0.4, 0.5) is 0 Å². The predicted molar refractivity (Wildman–Crippen MR) is 74.6 cm³/mol. The molecule has 0 spiro atoms. The standard InChI is InChI=1S/C15H9NS/c1-2-6-13-11(5-1)12-8-7-10-4-3-9-17-15(10)14(12)16-13/h1-9H. The van der Waals surface area contributed by atoms with E-state index in [1.54, 1.807) is 11.3 Å². The zero-order chi connectivity index (χ0) is 11.2. The molecule has 0 N–H and O–H groups in total. The second-order valence-corrected chi connectivity index (χ2v) is 5.04. The second kappa shape index (κ2) is 3.28. The molecule has 0 bridgehead atoms.